The molecule has 5 heteroatoms. The van der Waals surface area contributed by atoms with Gasteiger partial charge in [0, 0.05) is 36.5 Å². The number of methoxy groups -OCH3 is 3. The maximum Gasteiger partial charge on any atom is 0.161 e. The zero-order valence-electron chi connectivity index (χ0n) is 15.4. The Morgan fingerprint density at radius 2 is 2.00 bits per heavy atom. The average molecular weight is 345 g/mol. The number of rotatable bonds is 3. The van der Waals surface area contributed by atoms with Gasteiger partial charge in [-0.3, -0.25) is 0 Å². The minimum atomic E-state index is -0.176. The van der Waals surface area contributed by atoms with Crippen molar-refractivity contribution in [2.45, 2.75) is 36.8 Å². The van der Waals surface area contributed by atoms with E-state index in [4.69, 9.17) is 14.2 Å². The second-order valence-corrected chi connectivity index (χ2v) is 7.55. The highest BCUT2D eigenvalue weighted by molar-refractivity contribution is 5.57. The van der Waals surface area contributed by atoms with E-state index in [1.165, 1.54) is 5.56 Å². The maximum atomic E-state index is 11.0. The number of phenolic OH excluding ortho intramolecular Hbond substituents is 1. The zero-order chi connectivity index (χ0) is 17.8. The van der Waals surface area contributed by atoms with Crippen molar-refractivity contribution in [3.05, 3.63) is 35.1 Å². The van der Waals surface area contributed by atoms with Crippen LogP contribution in [-0.4, -0.2) is 57.1 Å². The van der Waals surface area contributed by atoms with Crippen LogP contribution in [0, 0.1) is 5.92 Å². The molecule has 25 heavy (non-hydrogen) atoms. The quantitative estimate of drug-likeness (QED) is 0.912. The fourth-order valence-corrected chi connectivity index (χ4v) is 5.49. The number of phenols is 1. The van der Waals surface area contributed by atoms with Crippen molar-refractivity contribution in [2.75, 3.05) is 34.9 Å². The number of benzene rings is 1. The lowest BCUT2D eigenvalue weighted by atomic mass is 9.52. The van der Waals surface area contributed by atoms with Gasteiger partial charge in [-0.2, -0.15) is 0 Å². The third-order valence-electron chi connectivity index (χ3n) is 6.63. The molecule has 1 N–H and O–H groups in total. The van der Waals surface area contributed by atoms with Crippen molar-refractivity contribution in [2.24, 2.45) is 5.92 Å². The van der Waals surface area contributed by atoms with Crippen LogP contribution in [0.1, 0.15) is 24.0 Å². The highest BCUT2D eigenvalue weighted by Gasteiger charge is 2.58. The molecule has 0 amide bonds. The van der Waals surface area contributed by atoms with Crippen LogP contribution in [0.2, 0.25) is 0 Å². The van der Waals surface area contributed by atoms with Crippen LogP contribution in [0.25, 0.3) is 0 Å². The van der Waals surface area contributed by atoms with E-state index >= 15 is 0 Å². The molecule has 1 heterocycles. The first-order chi connectivity index (χ1) is 12.1. The van der Waals surface area contributed by atoms with Gasteiger partial charge in [0.25, 0.3) is 0 Å². The summed E-state index contributed by atoms with van der Waals surface area (Å²) in [4.78, 5) is 2.45. The van der Waals surface area contributed by atoms with Gasteiger partial charge in [-0.1, -0.05) is 6.07 Å². The maximum absolute atomic E-state index is 11.0. The molecule has 4 atom stereocenters. The van der Waals surface area contributed by atoms with Gasteiger partial charge in [0.15, 0.2) is 11.5 Å². The SMILES string of the molecule is COC1=CC(OC)C2C3Cc4ccc(OC)c(O)c4C2(CCN3C)C1. The second-order valence-electron chi connectivity index (χ2n) is 7.55. The monoisotopic (exact) mass is 345 g/mol. The number of hydrogen-bond donors (Lipinski definition) is 1. The molecular formula is C20H27NO4. The van der Waals surface area contributed by atoms with Crippen molar-refractivity contribution >= 4 is 0 Å². The van der Waals surface area contributed by atoms with Crippen molar-refractivity contribution in [1.82, 2.24) is 4.90 Å². The summed E-state index contributed by atoms with van der Waals surface area (Å²) >= 11 is 0. The first kappa shape index (κ1) is 16.7. The van der Waals surface area contributed by atoms with E-state index in [0.717, 1.165) is 37.1 Å². The predicted molar refractivity (Wildman–Crippen MR) is 95.1 cm³/mol. The van der Waals surface area contributed by atoms with Gasteiger partial charge in [-0.05, 0) is 44.1 Å². The Kier molecular flexibility index (Phi) is 3.96. The minimum absolute atomic E-state index is 0.0183. The first-order valence-electron chi connectivity index (χ1n) is 8.92. The van der Waals surface area contributed by atoms with Crippen LogP contribution in [0.5, 0.6) is 11.5 Å². The van der Waals surface area contributed by atoms with Gasteiger partial charge in [0.05, 0.1) is 26.1 Å². The molecule has 0 saturated carbocycles. The van der Waals surface area contributed by atoms with Crippen LogP contribution >= 0.6 is 0 Å². The van der Waals surface area contributed by atoms with Crippen LogP contribution < -0.4 is 4.74 Å². The van der Waals surface area contributed by atoms with Gasteiger partial charge in [0.1, 0.15) is 0 Å². The Morgan fingerprint density at radius 3 is 2.68 bits per heavy atom. The molecule has 0 spiro atoms. The topological polar surface area (TPSA) is 51.2 Å². The van der Waals surface area contributed by atoms with E-state index in [9.17, 15) is 5.11 Å². The lowest BCUT2D eigenvalue weighted by molar-refractivity contribution is -0.0606. The van der Waals surface area contributed by atoms with Gasteiger partial charge >= 0.3 is 0 Å². The van der Waals surface area contributed by atoms with E-state index in [0.29, 0.717) is 23.5 Å². The Balaban J connectivity index is 1.97. The Hall–Kier alpha value is -1.72. The zero-order valence-corrected chi connectivity index (χ0v) is 15.4. The molecule has 136 valence electrons. The van der Waals surface area contributed by atoms with Crippen molar-refractivity contribution in [3.8, 4) is 11.5 Å². The molecule has 1 saturated heterocycles. The first-order valence-corrected chi connectivity index (χ1v) is 8.92. The summed E-state index contributed by atoms with van der Waals surface area (Å²) in [6.45, 7) is 1.00. The fraction of sp³-hybridized carbons (Fsp3) is 0.600. The van der Waals surface area contributed by atoms with Crippen molar-refractivity contribution in [3.63, 3.8) is 0 Å². The molecule has 5 nitrogen and oxygen atoms in total. The number of aromatic hydroxyl groups is 1. The molecule has 0 aromatic heterocycles. The molecule has 1 aliphatic heterocycles. The van der Waals surface area contributed by atoms with Gasteiger partial charge in [-0.25, -0.2) is 0 Å². The molecule has 0 radical (unpaired) electrons. The number of fused-ring (bicyclic) bond motifs is 1. The number of hydrogen-bond acceptors (Lipinski definition) is 5. The van der Waals surface area contributed by atoms with E-state index < -0.39 is 0 Å². The summed E-state index contributed by atoms with van der Waals surface area (Å²) in [6, 6.07) is 4.39. The number of allylic oxidation sites excluding steroid dienone is 1. The third-order valence-corrected chi connectivity index (χ3v) is 6.63. The second kappa shape index (κ2) is 5.92. The number of nitrogens with zero attached hydrogens (tertiary/aromatic N) is 1. The number of likely N-dealkylation sites (N-methyl/N-ethyl adjacent to an activating group) is 1. The molecule has 1 aromatic rings. The van der Waals surface area contributed by atoms with E-state index in [1.54, 1.807) is 21.3 Å². The molecular weight excluding hydrogens is 318 g/mol. The predicted octanol–water partition coefficient (Wildman–Crippen LogP) is 2.46. The molecule has 1 fully saturated rings. The van der Waals surface area contributed by atoms with Crippen LogP contribution in [0.15, 0.2) is 24.0 Å². The Morgan fingerprint density at radius 1 is 1.20 bits per heavy atom. The Bertz CT molecular complexity index is 716. The summed E-state index contributed by atoms with van der Waals surface area (Å²) in [6.07, 6.45) is 4.80. The largest absolute Gasteiger partial charge is 0.504 e. The lowest BCUT2D eigenvalue weighted by Gasteiger charge is -2.59. The number of ether oxygens (including phenoxy) is 3. The third kappa shape index (κ3) is 2.22. The van der Waals surface area contributed by atoms with Crippen LogP contribution in [-0.2, 0) is 21.3 Å². The average Bonchev–Trinajstić information content (AvgIpc) is 2.63. The molecule has 4 unspecified atom stereocenters. The molecule has 2 aliphatic carbocycles. The van der Waals surface area contributed by atoms with Gasteiger partial charge < -0.3 is 24.2 Å². The fourth-order valence-electron chi connectivity index (χ4n) is 5.49. The molecule has 1 aromatic carbocycles. The summed E-state index contributed by atoms with van der Waals surface area (Å²) < 4.78 is 17.0. The summed E-state index contributed by atoms with van der Waals surface area (Å²) in [7, 11) is 7.29. The summed E-state index contributed by atoms with van der Waals surface area (Å²) in [5, 5.41) is 11.0. The van der Waals surface area contributed by atoms with Crippen LogP contribution in [0.3, 0.4) is 0 Å². The molecule has 4 rings (SSSR count). The number of piperidine rings is 1. The van der Waals surface area contributed by atoms with Gasteiger partial charge in [0.2, 0.25) is 0 Å². The number of likely N-dealkylation sites (tertiary alicyclic amines) is 1. The summed E-state index contributed by atoms with van der Waals surface area (Å²) in [5.41, 5.74) is 2.09. The van der Waals surface area contributed by atoms with E-state index in [1.807, 2.05) is 6.07 Å². The van der Waals surface area contributed by atoms with Crippen molar-refractivity contribution in [1.29, 1.82) is 0 Å². The highest BCUT2D eigenvalue weighted by Crippen LogP contribution is 2.59. The summed E-state index contributed by atoms with van der Waals surface area (Å²) in [5.74, 6) is 2.08. The molecule has 2 bridgehead atoms. The normalized spacial score (nSPS) is 33.9. The van der Waals surface area contributed by atoms with Gasteiger partial charge in [-0.15, -0.1) is 0 Å². The van der Waals surface area contributed by atoms with Crippen molar-refractivity contribution < 1.29 is 19.3 Å². The highest BCUT2D eigenvalue weighted by atomic mass is 16.5. The Labute approximate surface area is 149 Å². The standard InChI is InChI=1S/C20H27NO4/c1-21-8-7-20-11-13(23-2)10-16(25-4)18(20)14(21)9-12-5-6-15(24-3)19(22)17(12)20/h5-6,10,14,16,18,22H,7-9,11H2,1-4H3. The van der Waals surface area contributed by atoms with E-state index in [2.05, 4.69) is 24.1 Å². The smallest absolute Gasteiger partial charge is 0.161 e. The van der Waals surface area contributed by atoms with Crippen LogP contribution in [0.4, 0.5) is 0 Å². The molecule has 3 aliphatic rings. The van der Waals surface area contributed by atoms with E-state index in [-0.39, 0.29) is 11.5 Å². The lowest BCUT2D eigenvalue weighted by Crippen LogP contribution is -2.63. The minimum Gasteiger partial charge on any atom is -0.504 e.